The number of nitrogens with zero attached hydrogens (tertiary/aromatic N) is 4. The maximum absolute atomic E-state index is 12.5. The first-order valence-corrected chi connectivity index (χ1v) is 9.12. The predicted octanol–water partition coefficient (Wildman–Crippen LogP) is 2.45. The van der Waals surface area contributed by atoms with Crippen molar-refractivity contribution in [3.63, 3.8) is 0 Å². The molecular weight excluding hydrogens is 334 g/mol. The highest BCUT2D eigenvalue weighted by molar-refractivity contribution is 7.94. The molecule has 0 atom stereocenters. The van der Waals surface area contributed by atoms with Gasteiger partial charge in [-0.25, -0.2) is 8.42 Å². The summed E-state index contributed by atoms with van der Waals surface area (Å²) in [5, 5.41) is 12.3. The number of aryl methyl sites for hydroxylation is 3. The summed E-state index contributed by atoms with van der Waals surface area (Å²) in [6.45, 7) is 5.47. The Morgan fingerprint density at radius 2 is 1.83 bits per heavy atom. The molecule has 9 heteroatoms. The molecule has 0 unspecified atom stereocenters. The largest absolute Gasteiger partial charge is 0.272 e. The van der Waals surface area contributed by atoms with E-state index in [0.717, 1.165) is 10.6 Å². The third-order valence-corrected chi connectivity index (χ3v) is 5.90. The van der Waals surface area contributed by atoms with Gasteiger partial charge in [-0.15, -0.1) is 16.4 Å². The molecule has 1 N–H and O–H groups in total. The highest BCUT2D eigenvalue weighted by atomic mass is 32.2. The van der Waals surface area contributed by atoms with Crippen molar-refractivity contribution in [3.8, 4) is 5.82 Å². The Morgan fingerprint density at radius 3 is 2.43 bits per heavy atom. The molecule has 0 spiro atoms. The van der Waals surface area contributed by atoms with E-state index in [0.29, 0.717) is 17.3 Å². The molecule has 0 aromatic carbocycles. The second-order valence-electron chi connectivity index (χ2n) is 5.09. The number of anilines is 1. The Kier molecular flexibility index (Phi) is 3.90. The van der Waals surface area contributed by atoms with Crippen LogP contribution in [0.15, 0.2) is 34.5 Å². The summed E-state index contributed by atoms with van der Waals surface area (Å²) in [5.41, 5.74) is 1.45. The van der Waals surface area contributed by atoms with Gasteiger partial charge in [0.15, 0.2) is 5.82 Å². The molecule has 0 aliphatic heterocycles. The van der Waals surface area contributed by atoms with Crippen LogP contribution in [0.4, 0.5) is 5.82 Å². The molecular formula is C14H15N5O2S2. The molecule has 23 heavy (non-hydrogen) atoms. The van der Waals surface area contributed by atoms with Crippen LogP contribution in [0.2, 0.25) is 0 Å². The van der Waals surface area contributed by atoms with Gasteiger partial charge < -0.3 is 0 Å². The normalized spacial score (nSPS) is 11.6. The number of hydrogen-bond acceptors (Lipinski definition) is 6. The van der Waals surface area contributed by atoms with Crippen LogP contribution < -0.4 is 4.72 Å². The molecule has 0 aliphatic carbocycles. The number of sulfonamides is 1. The van der Waals surface area contributed by atoms with Gasteiger partial charge in [0, 0.05) is 10.9 Å². The Labute approximate surface area is 138 Å². The van der Waals surface area contributed by atoms with Crippen molar-refractivity contribution in [2.75, 3.05) is 4.72 Å². The number of thiophene rings is 1. The molecule has 0 amide bonds. The fraction of sp³-hybridized carbons (Fsp3) is 0.214. The molecule has 0 bridgehead atoms. The lowest BCUT2D eigenvalue weighted by Crippen LogP contribution is -2.15. The maximum Gasteiger partial charge on any atom is 0.272 e. The monoisotopic (exact) mass is 349 g/mol. The van der Waals surface area contributed by atoms with E-state index in [1.54, 1.807) is 37.3 Å². The molecule has 0 aliphatic rings. The van der Waals surface area contributed by atoms with Gasteiger partial charge in [0.05, 0.1) is 11.4 Å². The zero-order valence-corrected chi connectivity index (χ0v) is 14.4. The molecule has 3 rings (SSSR count). The Hall–Kier alpha value is -2.26. The minimum absolute atomic E-state index is 0.260. The van der Waals surface area contributed by atoms with Gasteiger partial charge in [0.25, 0.3) is 10.0 Å². The van der Waals surface area contributed by atoms with Gasteiger partial charge in [-0.05, 0) is 45.0 Å². The second-order valence-corrected chi connectivity index (χ2v) is 8.28. The fourth-order valence-electron chi connectivity index (χ4n) is 2.00. The van der Waals surface area contributed by atoms with E-state index in [9.17, 15) is 8.42 Å². The van der Waals surface area contributed by atoms with Crippen LogP contribution in [0, 0.1) is 20.8 Å². The molecule has 0 saturated heterocycles. The van der Waals surface area contributed by atoms with E-state index in [1.165, 1.54) is 16.0 Å². The number of hydrogen-bond donors (Lipinski definition) is 1. The molecule has 0 radical (unpaired) electrons. The Balaban J connectivity index is 1.99. The number of rotatable bonds is 4. The van der Waals surface area contributed by atoms with Crippen LogP contribution in [0.3, 0.4) is 0 Å². The van der Waals surface area contributed by atoms with Crippen molar-refractivity contribution in [2.24, 2.45) is 0 Å². The lowest BCUT2D eigenvalue weighted by atomic mass is 10.4. The van der Waals surface area contributed by atoms with Crippen LogP contribution in [0.1, 0.15) is 16.3 Å². The van der Waals surface area contributed by atoms with Crippen LogP contribution in [-0.2, 0) is 10.0 Å². The quantitative estimate of drug-likeness (QED) is 0.781. The average Bonchev–Trinajstić information content (AvgIpc) is 3.06. The zero-order chi connectivity index (χ0) is 16.6. The van der Waals surface area contributed by atoms with E-state index in [1.807, 2.05) is 13.8 Å². The standard InChI is InChI=1S/C14H15N5O2S2/c1-9-4-6-12(16-15-9)19-13(8-10(2)17-19)18-23(20,21)14-7-5-11(3)22-14/h4-8,18H,1-3H3. The maximum atomic E-state index is 12.5. The van der Waals surface area contributed by atoms with Gasteiger partial charge in [-0.3, -0.25) is 4.72 Å². The van der Waals surface area contributed by atoms with Gasteiger partial charge >= 0.3 is 0 Å². The topological polar surface area (TPSA) is 89.8 Å². The van der Waals surface area contributed by atoms with E-state index < -0.39 is 10.0 Å². The van der Waals surface area contributed by atoms with Crippen molar-refractivity contribution >= 4 is 27.2 Å². The summed E-state index contributed by atoms with van der Waals surface area (Å²) >= 11 is 1.22. The van der Waals surface area contributed by atoms with Crippen molar-refractivity contribution in [3.05, 3.63) is 46.6 Å². The summed E-state index contributed by atoms with van der Waals surface area (Å²) in [6, 6.07) is 8.54. The van der Waals surface area contributed by atoms with Gasteiger partial charge in [-0.2, -0.15) is 14.9 Å². The highest BCUT2D eigenvalue weighted by Gasteiger charge is 2.20. The average molecular weight is 349 g/mol. The molecule has 7 nitrogen and oxygen atoms in total. The number of aromatic nitrogens is 4. The predicted molar refractivity (Wildman–Crippen MR) is 88.5 cm³/mol. The first-order valence-electron chi connectivity index (χ1n) is 6.82. The van der Waals surface area contributed by atoms with E-state index in [4.69, 9.17) is 0 Å². The zero-order valence-electron chi connectivity index (χ0n) is 12.8. The summed E-state index contributed by atoms with van der Waals surface area (Å²) in [5.74, 6) is 0.774. The van der Waals surface area contributed by atoms with E-state index >= 15 is 0 Å². The second kappa shape index (κ2) is 5.74. The fourth-order valence-corrected chi connectivity index (χ4v) is 4.31. The Bertz CT molecular complexity index is 942. The molecule has 0 fully saturated rings. The minimum atomic E-state index is -3.66. The molecule has 3 aromatic rings. The third kappa shape index (κ3) is 3.25. The third-order valence-electron chi connectivity index (χ3n) is 3.05. The first kappa shape index (κ1) is 15.6. The smallest absolute Gasteiger partial charge is 0.263 e. The van der Waals surface area contributed by atoms with Crippen molar-refractivity contribution in [1.29, 1.82) is 0 Å². The molecule has 3 aromatic heterocycles. The van der Waals surface area contributed by atoms with Crippen LogP contribution >= 0.6 is 11.3 Å². The number of nitrogens with one attached hydrogen (secondary N) is 1. The molecule has 0 saturated carbocycles. The van der Waals surface area contributed by atoms with Gasteiger partial charge in [0.2, 0.25) is 0 Å². The molecule has 120 valence electrons. The summed E-state index contributed by atoms with van der Waals surface area (Å²) < 4.78 is 29.2. The van der Waals surface area contributed by atoms with E-state index in [-0.39, 0.29) is 4.21 Å². The first-order chi connectivity index (χ1) is 10.8. The molecule has 3 heterocycles. The van der Waals surface area contributed by atoms with Crippen molar-refractivity contribution in [2.45, 2.75) is 25.0 Å². The van der Waals surface area contributed by atoms with Crippen LogP contribution in [0.25, 0.3) is 5.82 Å². The Morgan fingerprint density at radius 1 is 1.04 bits per heavy atom. The lowest BCUT2D eigenvalue weighted by Gasteiger charge is -2.08. The van der Waals surface area contributed by atoms with E-state index in [2.05, 4.69) is 20.0 Å². The van der Waals surface area contributed by atoms with Gasteiger partial charge in [-0.1, -0.05) is 0 Å². The van der Waals surface area contributed by atoms with Crippen molar-refractivity contribution < 1.29 is 8.42 Å². The highest BCUT2D eigenvalue weighted by Crippen LogP contribution is 2.24. The minimum Gasteiger partial charge on any atom is -0.263 e. The summed E-state index contributed by atoms with van der Waals surface area (Å²) in [7, 11) is -3.66. The van der Waals surface area contributed by atoms with Crippen LogP contribution in [0.5, 0.6) is 0 Å². The lowest BCUT2D eigenvalue weighted by molar-refractivity contribution is 0.602. The summed E-state index contributed by atoms with van der Waals surface area (Å²) in [6.07, 6.45) is 0. The van der Waals surface area contributed by atoms with Crippen molar-refractivity contribution in [1.82, 2.24) is 20.0 Å². The SMILES string of the molecule is Cc1ccc(-n2nc(C)cc2NS(=O)(=O)c2ccc(C)s2)nn1. The van der Waals surface area contributed by atoms with Crippen LogP contribution in [-0.4, -0.2) is 28.4 Å². The summed E-state index contributed by atoms with van der Waals surface area (Å²) in [4.78, 5) is 0.930. The van der Waals surface area contributed by atoms with Gasteiger partial charge in [0.1, 0.15) is 10.0 Å².